The van der Waals surface area contributed by atoms with Gasteiger partial charge in [-0.25, -0.2) is 0 Å². The third-order valence-electron chi connectivity index (χ3n) is 3.78. The van der Waals surface area contributed by atoms with E-state index in [-0.39, 0.29) is 6.04 Å². The highest BCUT2D eigenvalue weighted by Gasteiger charge is 2.19. The number of methoxy groups -OCH3 is 1. The van der Waals surface area contributed by atoms with Gasteiger partial charge in [0.05, 0.1) is 6.10 Å². The van der Waals surface area contributed by atoms with Gasteiger partial charge in [0.2, 0.25) is 0 Å². The van der Waals surface area contributed by atoms with Crippen LogP contribution in [0.15, 0.2) is 30.3 Å². The molecule has 2 N–H and O–H groups in total. The van der Waals surface area contributed by atoms with E-state index in [1.54, 1.807) is 0 Å². The van der Waals surface area contributed by atoms with Crippen LogP contribution in [0, 0.1) is 0 Å². The normalized spacial score (nSPS) is 22.9. The summed E-state index contributed by atoms with van der Waals surface area (Å²) in [5.41, 5.74) is 7.46. The lowest BCUT2D eigenvalue weighted by Crippen LogP contribution is -2.40. The van der Waals surface area contributed by atoms with Crippen LogP contribution in [-0.2, 0) is 4.74 Å². The number of rotatable bonds is 5. The van der Waals surface area contributed by atoms with Crippen LogP contribution in [0.2, 0.25) is 0 Å². The molecule has 18 heavy (non-hydrogen) atoms. The molecule has 1 aliphatic heterocycles. The van der Waals surface area contributed by atoms with Crippen LogP contribution in [0.5, 0.6) is 0 Å². The minimum atomic E-state index is 0.147. The molecule has 1 fully saturated rings. The zero-order valence-electron chi connectivity index (χ0n) is 11.2. The zero-order chi connectivity index (χ0) is 12.8. The van der Waals surface area contributed by atoms with Gasteiger partial charge in [0, 0.05) is 26.2 Å². The van der Waals surface area contributed by atoms with E-state index in [0.717, 1.165) is 19.5 Å². The van der Waals surface area contributed by atoms with Crippen molar-refractivity contribution >= 4 is 0 Å². The predicted octanol–water partition coefficient (Wildman–Crippen LogP) is 2.19. The van der Waals surface area contributed by atoms with Crippen LogP contribution in [0.3, 0.4) is 0 Å². The first kappa shape index (κ1) is 13.5. The van der Waals surface area contributed by atoms with Gasteiger partial charge in [0.1, 0.15) is 0 Å². The topological polar surface area (TPSA) is 38.5 Å². The molecule has 0 aromatic heterocycles. The first-order valence-electron chi connectivity index (χ1n) is 6.85. The maximum atomic E-state index is 6.22. The van der Waals surface area contributed by atoms with Crippen LogP contribution in [-0.4, -0.2) is 37.7 Å². The molecular weight excluding hydrogens is 224 g/mol. The van der Waals surface area contributed by atoms with Crippen molar-refractivity contribution in [3.05, 3.63) is 35.9 Å². The Kier molecular flexibility index (Phi) is 5.17. The Bertz CT molecular complexity index is 342. The van der Waals surface area contributed by atoms with Gasteiger partial charge in [-0.3, -0.25) is 0 Å². The molecule has 1 aliphatic rings. The molecule has 2 rings (SSSR count). The highest BCUT2D eigenvalue weighted by Crippen LogP contribution is 2.17. The van der Waals surface area contributed by atoms with Crippen LogP contribution in [0.25, 0.3) is 0 Å². The molecule has 0 saturated carbocycles. The second-order valence-corrected chi connectivity index (χ2v) is 5.11. The maximum Gasteiger partial charge on any atom is 0.0698 e. The maximum absolute atomic E-state index is 6.22. The molecule has 3 heteroatoms. The SMILES string of the molecule is COC1CCCN(CCC(N)c2ccccc2)C1. The number of nitrogens with two attached hydrogens (primary N) is 1. The quantitative estimate of drug-likeness (QED) is 0.868. The summed E-state index contributed by atoms with van der Waals surface area (Å²) in [4.78, 5) is 2.47. The number of piperidine rings is 1. The van der Waals surface area contributed by atoms with E-state index in [1.165, 1.54) is 24.9 Å². The second-order valence-electron chi connectivity index (χ2n) is 5.11. The Labute approximate surface area is 110 Å². The molecule has 0 spiro atoms. The number of hydrogen-bond donors (Lipinski definition) is 1. The van der Waals surface area contributed by atoms with Crippen molar-refractivity contribution in [1.29, 1.82) is 0 Å². The molecule has 1 saturated heterocycles. The van der Waals surface area contributed by atoms with E-state index in [2.05, 4.69) is 29.2 Å². The van der Waals surface area contributed by atoms with Gasteiger partial charge >= 0.3 is 0 Å². The van der Waals surface area contributed by atoms with Gasteiger partial charge in [0.15, 0.2) is 0 Å². The number of benzene rings is 1. The molecule has 0 amide bonds. The summed E-state index contributed by atoms with van der Waals surface area (Å²) in [5, 5.41) is 0. The highest BCUT2D eigenvalue weighted by atomic mass is 16.5. The molecule has 1 aromatic rings. The predicted molar refractivity (Wildman–Crippen MR) is 74.5 cm³/mol. The van der Waals surface area contributed by atoms with Crippen molar-refractivity contribution < 1.29 is 4.74 Å². The van der Waals surface area contributed by atoms with Crippen LogP contribution in [0.4, 0.5) is 0 Å². The van der Waals surface area contributed by atoms with E-state index in [1.807, 2.05) is 13.2 Å². The van der Waals surface area contributed by atoms with Gasteiger partial charge in [-0.05, 0) is 31.4 Å². The smallest absolute Gasteiger partial charge is 0.0698 e. The molecule has 0 radical (unpaired) electrons. The first-order chi connectivity index (χ1) is 8.79. The lowest BCUT2D eigenvalue weighted by molar-refractivity contribution is 0.0305. The van der Waals surface area contributed by atoms with Gasteiger partial charge in [-0.15, -0.1) is 0 Å². The Hall–Kier alpha value is -0.900. The minimum Gasteiger partial charge on any atom is -0.380 e. The molecule has 0 aliphatic carbocycles. The largest absolute Gasteiger partial charge is 0.380 e. The molecule has 2 atom stereocenters. The van der Waals surface area contributed by atoms with Crippen LogP contribution < -0.4 is 5.73 Å². The Morgan fingerprint density at radius 1 is 1.39 bits per heavy atom. The van der Waals surface area contributed by atoms with Crippen molar-refractivity contribution in [3.8, 4) is 0 Å². The summed E-state index contributed by atoms with van der Waals surface area (Å²) in [7, 11) is 1.81. The van der Waals surface area contributed by atoms with Crippen LogP contribution >= 0.6 is 0 Å². The van der Waals surface area contributed by atoms with E-state index < -0.39 is 0 Å². The molecule has 100 valence electrons. The molecular formula is C15H24N2O. The van der Waals surface area contributed by atoms with Gasteiger partial charge in [0.25, 0.3) is 0 Å². The first-order valence-corrected chi connectivity index (χ1v) is 6.85. The highest BCUT2D eigenvalue weighted by molar-refractivity contribution is 5.18. The van der Waals surface area contributed by atoms with Crippen molar-refractivity contribution in [3.63, 3.8) is 0 Å². The number of hydrogen-bond acceptors (Lipinski definition) is 3. The summed E-state index contributed by atoms with van der Waals surface area (Å²) >= 11 is 0. The summed E-state index contributed by atoms with van der Waals surface area (Å²) in [6.45, 7) is 3.30. The molecule has 1 aromatic carbocycles. The Morgan fingerprint density at radius 3 is 2.89 bits per heavy atom. The van der Waals surface area contributed by atoms with Crippen molar-refractivity contribution in [2.24, 2.45) is 5.73 Å². The molecule has 3 nitrogen and oxygen atoms in total. The summed E-state index contributed by atoms with van der Waals surface area (Å²) in [6, 6.07) is 10.5. The number of likely N-dealkylation sites (tertiary alicyclic amines) is 1. The van der Waals surface area contributed by atoms with E-state index in [0.29, 0.717) is 6.10 Å². The van der Waals surface area contributed by atoms with E-state index >= 15 is 0 Å². The average molecular weight is 248 g/mol. The molecule has 0 bridgehead atoms. The average Bonchev–Trinajstić information content (AvgIpc) is 2.46. The van der Waals surface area contributed by atoms with E-state index in [9.17, 15) is 0 Å². The second kappa shape index (κ2) is 6.88. The fourth-order valence-electron chi connectivity index (χ4n) is 2.60. The third-order valence-corrected chi connectivity index (χ3v) is 3.78. The zero-order valence-corrected chi connectivity index (χ0v) is 11.2. The van der Waals surface area contributed by atoms with Gasteiger partial charge in [-0.2, -0.15) is 0 Å². The number of nitrogens with zero attached hydrogens (tertiary/aromatic N) is 1. The fraction of sp³-hybridized carbons (Fsp3) is 0.600. The van der Waals surface area contributed by atoms with Crippen molar-refractivity contribution in [2.45, 2.75) is 31.4 Å². The Morgan fingerprint density at radius 2 is 2.17 bits per heavy atom. The van der Waals surface area contributed by atoms with E-state index in [4.69, 9.17) is 10.5 Å². The third kappa shape index (κ3) is 3.80. The minimum absolute atomic E-state index is 0.147. The van der Waals surface area contributed by atoms with Crippen LogP contribution in [0.1, 0.15) is 30.9 Å². The monoisotopic (exact) mass is 248 g/mol. The van der Waals surface area contributed by atoms with Crippen molar-refractivity contribution in [1.82, 2.24) is 4.90 Å². The summed E-state index contributed by atoms with van der Waals surface area (Å²) < 4.78 is 5.44. The summed E-state index contributed by atoms with van der Waals surface area (Å²) in [5.74, 6) is 0. The molecule has 2 unspecified atom stereocenters. The summed E-state index contributed by atoms with van der Waals surface area (Å²) in [6.07, 6.45) is 3.85. The Balaban J connectivity index is 1.77. The lowest BCUT2D eigenvalue weighted by Gasteiger charge is -2.32. The number of ether oxygens (including phenoxy) is 1. The lowest BCUT2D eigenvalue weighted by atomic mass is 10.0. The van der Waals surface area contributed by atoms with Gasteiger partial charge < -0.3 is 15.4 Å². The van der Waals surface area contributed by atoms with Gasteiger partial charge in [-0.1, -0.05) is 30.3 Å². The standard InChI is InChI=1S/C15H24N2O/c1-18-14-8-5-10-17(12-14)11-9-15(16)13-6-3-2-4-7-13/h2-4,6-7,14-15H,5,8-12,16H2,1H3. The van der Waals surface area contributed by atoms with Crippen molar-refractivity contribution in [2.75, 3.05) is 26.7 Å². The fourth-order valence-corrected chi connectivity index (χ4v) is 2.60. The molecule has 1 heterocycles.